The standard InChI is InChI=1S/C6H8N5O/c7-5(6(12)11-8)1-4-2-9-3-10-4/h2-3,5H,1,7H2,(H,9,10)/q+1/t5-/m0/s1. The number of aromatic amines is 1. The lowest BCUT2D eigenvalue weighted by Gasteiger charge is -1.95. The summed E-state index contributed by atoms with van der Waals surface area (Å²) in [5, 5.41) is 8.10. The lowest BCUT2D eigenvalue weighted by molar-refractivity contribution is -0.116. The van der Waals surface area contributed by atoms with Crippen molar-refractivity contribution in [1.29, 1.82) is 5.39 Å². The first-order valence-electron chi connectivity index (χ1n) is 3.36. The molecule has 0 unspecified atom stereocenters. The van der Waals surface area contributed by atoms with Crippen LogP contribution in [0.3, 0.4) is 0 Å². The Balaban J connectivity index is 2.54. The Bertz CT molecular complexity index is 298. The van der Waals surface area contributed by atoms with E-state index in [1.54, 1.807) is 6.20 Å². The molecule has 0 radical (unpaired) electrons. The van der Waals surface area contributed by atoms with Crippen LogP contribution in [0.5, 0.6) is 0 Å². The molecule has 1 aromatic rings. The molecule has 0 aliphatic carbocycles. The summed E-state index contributed by atoms with van der Waals surface area (Å²) in [7, 11) is 0. The highest BCUT2D eigenvalue weighted by atomic mass is 16.1. The van der Waals surface area contributed by atoms with Crippen LogP contribution >= 0.6 is 0 Å². The van der Waals surface area contributed by atoms with Crippen LogP contribution < -0.4 is 5.73 Å². The van der Waals surface area contributed by atoms with E-state index in [0.717, 1.165) is 5.69 Å². The number of amides is 1. The maximum absolute atomic E-state index is 10.7. The topological polar surface area (TPSA) is 99.9 Å². The number of rotatable bonds is 3. The zero-order valence-electron chi connectivity index (χ0n) is 6.27. The Kier molecular flexibility index (Phi) is 2.50. The van der Waals surface area contributed by atoms with Crippen LogP contribution in [0.15, 0.2) is 12.5 Å². The smallest absolute Gasteiger partial charge is 0.348 e. The van der Waals surface area contributed by atoms with E-state index in [0.29, 0.717) is 6.42 Å². The highest BCUT2D eigenvalue weighted by molar-refractivity contribution is 5.89. The second-order valence-corrected chi connectivity index (χ2v) is 2.33. The molecule has 0 spiro atoms. The molecule has 0 aliphatic heterocycles. The van der Waals surface area contributed by atoms with Gasteiger partial charge < -0.3 is 10.7 Å². The van der Waals surface area contributed by atoms with Gasteiger partial charge in [-0.2, -0.15) is 4.79 Å². The number of nitrogens with zero attached hydrogens (tertiary/aromatic N) is 3. The molecular weight excluding hydrogens is 158 g/mol. The van der Waals surface area contributed by atoms with Crippen LogP contribution in [-0.4, -0.2) is 21.9 Å². The van der Waals surface area contributed by atoms with E-state index in [1.165, 1.54) is 6.33 Å². The van der Waals surface area contributed by atoms with Crippen molar-refractivity contribution in [2.24, 2.45) is 5.73 Å². The predicted octanol–water partition coefficient (Wildman–Crippen LogP) is -0.341. The molecule has 1 heterocycles. The number of H-pyrrole nitrogens is 1. The van der Waals surface area contributed by atoms with Crippen LogP contribution in [0.2, 0.25) is 0 Å². The molecule has 1 amide bonds. The van der Waals surface area contributed by atoms with E-state index in [-0.39, 0.29) is 0 Å². The minimum absolute atomic E-state index is 0.295. The summed E-state index contributed by atoms with van der Waals surface area (Å²) >= 11 is 0. The lowest BCUT2D eigenvalue weighted by Crippen LogP contribution is -2.30. The molecule has 62 valence electrons. The number of diazo groups is 1. The van der Waals surface area contributed by atoms with Gasteiger partial charge in [0.15, 0.2) is 6.04 Å². The van der Waals surface area contributed by atoms with Crippen LogP contribution in [-0.2, 0) is 11.2 Å². The molecule has 0 fully saturated rings. The third-order valence-electron chi connectivity index (χ3n) is 1.41. The molecule has 3 N–H and O–H groups in total. The van der Waals surface area contributed by atoms with Crippen LogP contribution in [0, 0.1) is 5.39 Å². The maximum Gasteiger partial charge on any atom is 0.577 e. The molecule has 1 rings (SSSR count). The number of hydrogen-bond acceptors (Lipinski definition) is 4. The minimum Gasteiger partial charge on any atom is -0.348 e. The molecule has 12 heavy (non-hydrogen) atoms. The minimum atomic E-state index is -0.810. The second-order valence-electron chi connectivity index (χ2n) is 2.33. The van der Waals surface area contributed by atoms with Gasteiger partial charge in [-0.05, 0) is 0 Å². The van der Waals surface area contributed by atoms with Gasteiger partial charge in [0.1, 0.15) is 0 Å². The van der Waals surface area contributed by atoms with Gasteiger partial charge in [-0.15, -0.1) is 0 Å². The normalized spacial score (nSPS) is 12.0. The Morgan fingerprint density at radius 2 is 2.67 bits per heavy atom. The van der Waals surface area contributed by atoms with Gasteiger partial charge in [0.05, 0.1) is 6.33 Å². The number of hydrogen-bond donors (Lipinski definition) is 2. The van der Waals surface area contributed by atoms with Gasteiger partial charge in [-0.1, -0.05) is 0 Å². The van der Waals surface area contributed by atoms with Gasteiger partial charge in [-0.3, -0.25) is 0 Å². The van der Waals surface area contributed by atoms with Gasteiger partial charge in [-0.25, -0.2) is 4.98 Å². The van der Waals surface area contributed by atoms with Crippen molar-refractivity contribution in [3.05, 3.63) is 23.2 Å². The summed E-state index contributed by atoms with van der Waals surface area (Å²) in [6, 6.07) is -0.810. The maximum atomic E-state index is 10.7. The van der Waals surface area contributed by atoms with E-state index in [9.17, 15) is 4.79 Å². The highest BCUT2D eigenvalue weighted by Gasteiger charge is 2.26. The summed E-state index contributed by atoms with van der Waals surface area (Å²) in [4.78, 5) is 19.7. The molecule has 0 aliphatic rings. The summed E-state index contributed by atoms with van der Waals surface area (Å²) in [5.74, 6) is -0.732. The summed E-state index contributed by atoms with van der Waals surface area (Å²) in [6.45, 7) is 0. The second kappa shape index (κ2) is 3.59. The van der Waals surface area contributed by atoms with Crippen molar-refractivity contribution < 1.29 is 4.79 Å². The van der Waals surface area contributed by atoms with E-state index >= 15 is 0 Å². The molecule has 0 saturated carbocycles. The van der Waals surface area contributed by atoms with E-state index in [2.05, 4.69) is 14.9 Å². The third kappa shape index (κ3) is 1.87. The van der Waals surface area contributed by atoms with E-state index in [1.807, 2.05) is 0 Å². The van der Waals surface area contributed by atoms with E-state index < -0.39 is 11.9 Å². The van der Waals surface area contributed by atoms with Crippen molar-refractivity contribution in [2.75, 3.05) is 0 Å². The molecule has 1 atom stereocenters. The van der Waals surface area contributed by atoms with Crippen LogP contribution in [0.4, 0.5) is 0 Å². The Hall–Kier alpha value is -1.74. The van der Waals surface area contributed by atoms with Crippen molar-refractivity contribution in [3.8, 4) is 0 Å². The fourth-order valence-corrected chi connectivity index (χ4v) is 0.795. The average molecular weight is 166 g/mol. The fourth-order valence-electron chi connectivity index (χ4n) is 0.795. The SMILES string of the molecule is N#[N+]C(=O)[C@@H](N)Cc1cnc[nH]1. The number of aromatic nitrogens is 2. The number of carbonyl (C=O) groups excluding carboxylic acids is 1. The van der Waals surface area contributed by atoms with Gasteiger partial charge in [0, 0.05) is 18.3 Å². The predicted molar refractivity (Wildman–Crippen MR) is 40.4 cm³/mol. The van der Waals surface area contributed by atoms with Gasteiger partial charge >= 0.3 is 5.91 Å². The molecule has 6 nitrogen and oxygen atoms in total. The monoisotopic (exact) mass is 166 g/mol. The summed E-state index contributed by atoms with van der Waals surface area (Å²) in [6.07, 6.45) is 3.34. The Labute approximate surface area is 68.4 Å². The molecule has 0 saturated heterocycles. The van der Waals surface area contributed by atoms with Crippen LogP contribution in [0.25, 0.3) is 4.98 Å². The van der Waals surface area contributed by atoms with Crippen molar-refractivity contribution in [2.45, 2.75) is 12.5 Å². The molecule has 0 bridgehead atoms. The average Bonchev–Trinajstić information content (AvgIpc) is 2.55. The first-order chi connectivity index (χ1) is 5.74. The number of nitrogens with two attached hydrogens (primary N) is 1. The summed E-state index contributed by atoms with van der Waals surface area (Å²) in [5.41, 5.74) is 6.10. The Morgan fingerprint density at radius 3 is 3.17 bits per heavy atom. The van der Waals surface area contributed by atoms with Crippen molar-refractivity contribution in [1.82, 2.24) is 9.97 Å². The first-order valence-corrected chi connectivity index (χ1v) is 3.36. The van der Waals surface area contributed by atoms with Gasteiger partial charge in [0.2, 0.25) is 10.4 Å². The molecular formula is C6H8N5O+. The Morgan fingerprint density at radius 1 is 1.92 bits per heavy atom. The molecule has 1 aromatic heterocycles. The number of imidazole rings is 1. The number of nitrogens with one attached hydrogen (secondary N) is 1. The highest BCUT2D eigenvalue weighted by Crippen LogP contribution is 1.97. The largest absolute Gasteiger partial charge is 0.577 e. The molecule has 0 aromatic carbocycles. The van der Waals surface area contributed by atoms with Crippen LogP contribution in [0.1, 0.15) is 5.69 Å². The van der Waals surface area contributed by atoms with Gasteiger partial charge in [0.25, 0.3) is 0 Å². The zero-order chi connectivity index (χ0) is 8.97. The molecule has 6 heteroatoms. The summed E-state index contributed by atoms with van der Waals surface area (Å²) < 4.78 is 0. The van der Waals surface area contributed by atoms with Crippen molar-refractivity contribution in [3.63, 3.8) is 0 Å². The lowest BCUT2D eigenvalue weighted by atomic mass is 10.2. The number of carbonyl (C=O) groups is 1. The third-order valence-corrected chi connectivity index (χ3v) is 1.41. The van der Waals surface area contributed by atoms with E-state index in [4.69, 9.17) is 11.1 Å². The van der Waals surface area contributed by atoms with Crippen molar-refractivity contribution >= 4 is 5.91 Å². The first kappa shape index (κ1) is 8.36. The zero-order valence-corrected chi connectivity index (χ0v) is 6.27. The fraction of sp³-hybridized carbons (Fsp3) is 0.333. The quantitative estimate of drug-likeness (QED) is 0.600.